The van der Waals surface area contributed by atoms with E-state index in [2.05, 4.69) is 63.3 Å². The molecule has 2 aliphatic rings. The number of amides is 2. The van der Waals surface area contributed by atoms with Crippen LogP contribution < -0.4 is 15.1 Å². The number of nitrogens with one attached hydrogen (secondary N) is 1. The lowest BCUT2D eigenvalue weighted by Crippen LogP contribution is -2.52. The molecule has 0 spiro atoms. The van der Waals surface area contributed by atoms with Crippen LogP contribution in [0.5, 0.6) is 0 Å². The minimum absolute atomic E-state index is 0.0522. The highest BCUT2D eigenvalue weighted by Gasteiger charge is 2.30. The number of anilines is 2. The van der Waals surface area contributed by atoms with Crippen molar-refractivity contribution in [1.82, 2.24) is 20.2 Å². The van der Waals surface area contributed by atoms with E-state index in [0.717, 1.165) is 44.8 Å². The Morgan fingerprint density at radius 3 is 2.59 bits per heavy atom. The molecule has 7 nitrogen and oxygen atoms in total. The summed E-state index contributed by atoms with van der Waals surface area (Å²) in [6.07, 6.45) is 6.30. The van der Waals surface area contributed by atoms with Gasteiger partial charge in [0, 0.05) is 57.3 Å². The number of carbonyl (C=O) groups excluding carboxylic acids is 1. The molecule has 0 saturated carbocycles. The van der Waals surface area contributed by atoms with Crippen molar-refractivity contribution in [3.63, 3.8) is 0 Å². The zero-order chi connectivity index (χ0) is 20.2. The zero-order valence-electron chi connectivity index (χ0n) is 17.3. The van der Waals surface area contributed by atoms with Crippen LogP contribution in [0.3, 0.4) is 0 Å². The van der Waals surface area contributed by atoms with Gasteiger partial charge in [-0.25, -0.2) is 14.8 Å². The van der Waals surface area contributed by atoms with E-state index in [1.807, 2.05) is 11.0 Å². The zero-order valence-corrected chi connectivity index (χ0v) is 17.3. The van der Waals surface area contributed by atoms with E-state index < -0.39 is 0 Å². The minimum atomic E-state index is 0.0522. The number of piperidine rings is 1. The summed E-state index contributed by atoms with van der Waals surface area (Å²) in [6.45, 7) is 5.38. The Hall–Kier alpha value is -2.83. The van der Waals surface area contributed by atoms with Crippen molar-refractivity contribution in [2.24, 2.45) is 0 Å². The predicted octanol–water partition coefficient (Wildman–Crippen LogP) is 2.89. The van der Waals surface area contributed by atoms with Gasteiger partial charge in [0.1, 0.15) is 0 Å². The van der Waals surface area contributed by atoms with Crippen LogP contribution in [-0.2, 0) is 6.54 Å². The first-order valence-electron chi connectivity index (χ1n) is 10.5. The average molecular weight is 395 g/mol. The highest BCUT2D eigenvalue weighted by atomic mass is 16.2. The minimum Gasteiger partial charge on any atom is -0.372 e. The summed E-state index contributed by atoms with van der Waals surface area (Å²) in [4.78, 5) is 28.4. The molecular formula is C22H30N6O. The van der Waals surface area contributed by atoms with E-state index in [1.54, 1.807) is 12.4 Å². The molecule has 3 heterocycles. The Balaban J connectivity index is 1.40. The molecule has 1 atom stereocenters. The number of urea groups is 1. The van der Waals surface area contributed by atoms with Gasteiger partial charge < -0.3 is 20.0 Å². The van der Waals surface area contributed by atoms with Crippen molar-refractivity contribution in [2.45, 2.75) is 44.8 Å². The Morgan fingerprint density at radius 2 is 1.86 bits per heavy atom. The summed E-state index contributed by atoms with van der Waals surface area (Å²) in [5.74, 6) is 0.774. The van der Waals surface area contributed by atoms with Gasteiger partial charge in [-0.15, -0.1) is 0 Å². The van der Waals surface area contributed by atoms with Crippen LogP contribution in [-0.4, -0.2) is 59.7 Å². The van der Waals surface area contributed by atoms with E-state index in [9.17, 15) is 4.79 Å². The maximum atomic E-state index is 13.2. The molecule has 2 amide bonds. The third kappa shape index (κ3) is 4.28. The molecule has 0 bridgehead atoms. The van der Waals surface area contributed by atoms with E-state index >= 15 is 0 Å². The van der Waals surface area contributed by atoms with Crippen LogP contribution in [0.2, 0.25) is 0 Å². The number of hydrogen-bond acceptors (Lipinski definition) is 5. The van der Waals surface area contributed by atoms with E-state index in [0.29, 0.717) is 6.54 Å². The van der Waals surface area contributed by atoms with Crippen LogP contribution in [0.1, 0.15) is 31.7 Å². The SMILES string of the molecule is CCC1CN(C)c2ccccc2CN1C(=O)NC1CCN(c2ncccn2)CC1. The number of hydrogen-bond donors (Lipinski definition) is 1. The van der Waals surface area contributed by atoms with Gasteiger partial charge in [0.15, 0.2) is 0 Å². The summed E-state index contributed by atoms with van der Waals surface area (Å²) >= 11 is 0. The monoisotopic (exact) mass is 394 g/mol. The van der Waals surface area contributed by atoms with Gasteiger partial charge in [-0.3, -0.25) is 0 Å². The fourth-order valence-corrected chi connectivity index (χ4v) is 4.37. The van der Waals surface area contributed by atoms with Crippen molar-refractivity contribution < 1.29 is 4.79 Å². The van der Waals surface area contributed by atoms with Crippen molar-refractivity contribution in [2.75, 3.05) is 36.5 Å². The Labute approximate surface area is 172 Å². The van der Waals surface area contributed by atoms with Gasteiger partial charge in [-0.2, -0.15) is 0 Å². The maximum Gasteiger partial charge on any atom is 0.318 e. The number of aromatic nitrogens is 2. The van der Waals surface area contributed by atoms with Crippen molar-refractivity contribution >= 4 is 17.7 Å². The molecule has 1 aromatic heterocycles. The van der Waals surface area contributed by atoms with Crippen LogP contribution in [0.4, 0.5) is 16.4 Å². The standard InChI is InChI=1S/C22H30N6O/c1-3-19-16-26(2)20-8-5-4-7-17(20)15-28(19)22(29)25-18-9-13-27(14-10-18)21-23-11-6-12-24-21/h4-8,11-12,18-19H,3,9-10,13-16H2,1-2H3,(H,25,29). The fourth-order valence-electron chi connectivity index (χ4n) is 4.37. The second-order valence-corrected chi connectivity index (χ2v) is 7.96. The molecule has 7 heteroatoms. The molecule has 0 aliphatic carbocycles. The van der Waals surface area contributed by atoms with Crippen LogP contribution in [0.25, 0.3) is 0 Å². The molecule has 4 rings (SSSR count). The van der Waals surface area contributed by atoms with Crippen LogP contribution >= 0.6 is 0 Å². The number of rotatable bonds is 3. The van der Waals surface area contributed by atoms with Crippen LogP contribution in [0.15, 0.2) is 42.7 Å². The van der Waals surface area contributed by atoms with E-state index in [4.69, 9.17) is 0 Å². The van der Waals surface area contributed by atoms with Gasteiger partial charge in [-0.05, 0) is 37.0 Å². The second kappa shape index (κ2) is 8.68. The number of nitrogens with zero attached hydrogens (tertiary/aromatic N) is 5. The molecule has 1 saturated heterocycles. The quantitative estimate of drug-likeness (QED) is 0.867. The topological polar surface area (TPSA) is 64.6 Å². The fraction of sp³-hybridized carbons (Fsp3) is 0.500. The van der Waals surface area contributed by atoms with Gasteiger partial charge >= 0.3 is 6.03 Å². The lowest BCUT2D eigenvalue weighted by molar-refractivity contribution is 0.166. The molecule has 154 valence electrons. The highest BCUT2D eigenvalue weighted by molar-refractivity contribution is 5.76. The number of carbonyl (C=O) groups is 1. The normalized spacial score (nSPS) is 20.2. The number of benzene rings is 1. The Morgan fingerprint density at radius 1 is 1.14 bits per heavy atom. The van der Waals surface area contributed by atoms with E-state index in [1.165, 1.54) is 11.3 Å². The van der Waals surface area contributed by atoms with Gasteiger partial charge in [0.05, 0.1) is 6.04 Å². The third-order valence-corrected chi connectivity index (χ3v) is 6.06. The molecule has 0 radical (unpaired) electrons. The number of likely N-dealkylation sites (N-methyl/N-ethyl adjacent to an activating group) is 1. The lowest BCUT2D eigenvalue weighted by Gasteiger charge is -2.35. The van der Waals surface area contributed by atoms with Gasteiger partial charge in [0.2, 0.25) is 5.95 Å². The van der Waals surface area contributed by atoms with E-state index in [-0.39, 0.29) is 18.1 Å². The van der Waals surface area contributed by atoms with Gasteiger partial charge in [-0.1, -0.05) is 25.1 Å². The number of fused-ring (bicyclic) bond motifs is 1. The summed E-state index contributed by atoms with van der Waals surface area (Å²) in [7, 11) is 2.12. The second-order valence-electron chi connectivity index (χ2n) is 7.96. The smallest absolute Gasteiger partial charge is 0.318 e. The van der Waals surface area contributed by atoms with Crippen molar-refractivity contribution in [1.29, 1.82) is 0 Å². The van der Waals surface area contributed by atoms with Crippen molar-refractivity contribution in [3.8, 4) is 0 Å². The summed E-state index contributed by atoms with van der Waals surface area (Å²) in [6, 6.07) is 10.7. The van der Waals surface area contributed by atoms with Crippen LogP contribution in [0, 0.1) is 0 Å². The van der Waals surface area contributed by atoms with Crippen molar-refractivity contribution in [3.05, 3.63) is 48.3 Å². The largest absolute Gasteiger partial charge is 0.372 e. The van der Waals surface area contributed by atoms with Gasteiger partial charge in [0.25, 0.3) is 0 Å². The summed E-state index contributed by atoms with van der Waals surface area (Å²) < 4.78 is 0. The Kier molecular flexibility index (Phi) is 5.83. The highest BCUT2D eigenvalue weighted by Crippen LogP contribution is 2.27. The predicted molar refractivity (Wildman–Crippen MR) is 115 cm³/mol. The number of para-hydroxylation sites is 1. The molecular weight excluding hydrogens is 364 g/mol. The molecule has 2 aliphatic heterocycles. The molecule has 1 N–H and O–H groups in total. The summed E-state index contributed by atoms with van der Waals surface area (Å²) in [5, 5.41) is 3.30. The molecule has 2 aromatic rings. The average Bonchev–Trinajstić information content (AvgIpc) is 2.91. The Bertz CT molecular complexity index is 821. The molecule has 1 fully saturated rings. The summed E-state index contributed by atoms with van der Waals surface area (Å²) in [5.41, 5.74) is 2.43. The first-order chi connectivity index (χ1) is 14.2. The molecule has 29 heavy (non-hydrogen) atoms. The molecule has 1 aromatic carbocycles. The molecule has 1 unspecified atom stereocenters. The first kappa shape index (κ1) is 19.5. The first-order valence-corrected chi connectivity index (χ1v) is 10.5. The lowest BCUT2D eigenvalue weighted by atomic mass is 10.1. The third-order valence-electron chi connectivity index (χ3n) is 6.06. The maximum absolute atomic E-state index is 13.2.